The maximum atomic E-state index is 12.3. The van der Waals surface area contributed by atoms with Crippen LogP contribution in [0.5, 0.6) is 0 Å². The van der Waals surface area contributed by atoms with Gasteiger partial charge in [0.2, 0.25) is 0 Å². The van der Waals surface area contributed by atoms with Gasteiger partial charge in [-0.1, -0.05) is 0 Å². The molecule has 0 aromatic heterocycles. The predicted octanol–water partition coefficient (Wildman–Crippen LogP) is 0.355. The van der Waals surface area contributed by atoms with Crippen molar-refractivity contribution in [2.45, 2.75) is 25.0 Å². The quantitative estimate of drug-likeness (QED) is 0.499. The first-order valence-electron chi connectivity index (χ1n) is 2.93. The van der Waals surface area contributed by atoms with E-state index in [0.29, 0.717) is 12.8 Å². The number of hydrogen-bond donors (Lipinski definition) is 2. The van der Waals surface area contributed by atoms with Gasteiger partial charge in [-0.15, -0.1) is 0 Å². The van der Waals surface area contributed by atoms with Crippen LogP contribution in [0.2, 0.25) is 0 Å². The Hall–Kier alpha value is -0.410. The fraction of sp³-hybridized carbons (Fsp3) is 0.667. The maximum Gasteiger partial charge on any atom is 0.127 e. The second-order valence-corrected chi connectivity index (χ2v) is 2.21. The molecule has 0 aromatic carbocycles. The van der Waals surface area contributed by atoms with Crippen LogP contribution in [0.25, 0.3) is 0 Å². The van der Waals surface area contributed by atoms with Gasteiger partial charge in [0, 0.05) is 0 Å². The molecule has 0 amide bonds. The molecule has 1 rings (SSSR count). The van der Waals surface area contributed by atoms with E-state index in [-0.39, 0.29) is 0 Å². The molecule has 0 saturated carbocycles. The lowest BCUT2D eigenvalue weighted by Gasteiger charge is -2.16. The molecular formula is C6H9FO2. The summed E-state index contributed by atoms with van der Waals surface area (Å²) in [4.78, 5) is 0. The first-order valence-corrected chi connectivity index (χ1v) is 2.93. The van der Waals surface area contributed by atoms with Crippen molar-refractivity contribution in [1.29, 1.82) is 0 Å². The highest BCUT2D eigenvalue weighted by Gasteiger charge is 2.18. The maximum absolute atomic E-state index is 12.3. The third-order valence-corrected chi connectivity index (χ3v) is 1.41. The van der Waals surface area contributed by atoms with Crippen molar-refractivity contribution >= 4 is 0 Å². The van der Waals surface area contributed by atoms with E-state index in [2.05, 4.69) is 0 Å². The molecule has 2 N–H and O–H groups in total. The van der Waals surface area contributed by atoms with Gasteiger partial charge in [0.05, 0.1) is 6.10 Å². The summed E-state index contributed by atoms with van der Waals surface area (Å²) in [5.41, 5.74) is 0. The van der Waals surface area contributed by atoms with Gasteiger partial charge in [-0.05, 0) is 18.9 Å². The van der Waals surface area contributed by atoms with Crippen molar-refractivity contribution in [2.24, 2.45) is 0 Å². The number of rotatable bonds is 0. The monoisotopic (exact) mass is 132 g/mol. The van der Waals surface area contributed by atoms with Gasteiger partial charge in [0.1, 0.15) is 11.9 Å². The molecule has 0 aromatic rings. The molecule has 9 heavy (non-hydrogen) atoms. The summed E-state index contributed by atoms with van der Waals surface area (Å²) in [6, 6.07) is 0. The Bertz CT molecular complexity index is 133. The van der Waals surface area contributed by atoms with Crippen LogP contribution in [0, 0.1) is 0 Å². The molecule has 52 valence electrons. The zero-order valence-corrected chi connectivity index (χ0v) is 4.92. The number of halogens is 1. The molecule has 2 nitrogen and oxygen atoms in total. The Labute approximate surface area is 52.6 Å². The zero-order valence-electron chi connectivity index (χ0n) is 4.92. The van der Waals surface area contributed by atoms with Gasteiger partial charge in [0.25, 0.3) is 0 Å². The lowest BCUT2D eigenvalue weighted by atomic mass is 10.0. The van der Waals surface area contributed by atoms with Crippen LogP contribution in [0.1, 0.15) is 12.8 Å². The molecule has 1 aliphatic rings. The van der Waals surface area contributed by atoms with Crippen LogP contribution in [0.3, 0.4) is 0 Å². The topological polar surface area (TPSA) is 40.5 Å². The van der Waals surface area contributed by atoms with E-state index in [1.807, 2.05) is 0 Å². The van der Waals surface area contributed by atoms with Gasteiger partial charge in [-0.2, -0.15) is 0 Å². The van der Waals surface area contributed by atoms with Crippen molar-refractivity contribution in [1.82, 2.24) is 0 Å². The normalized spacial score (nSPS) is 36.1. The average molecular weight is 132 g/mol. The molecule has 2 atom stereocenters. The van der Waals surface area contributed by atoms with E-state index < -0.39 is 18.0 Å². The van der Waals surface area contributed by atoms with Crippen molar-refractivity contribution in [3.05, 3.63) is 11.9 Å². The zero-order chi connectivity index (χ0) is 6.85. The summed E-state index contributed by atoms with van der Waals surface area (Å²) in [6.07, 6.45) is 0.147. The highest BCUT2D eigenvalue weighted by Crippen LogP contribution is 2.18. The van der Waals surface area contributed by atoms with Crippen LogP contribution >= 0.6 is 0 Å². The van der Waals surface area contributed by atoms with Gasteiger partial charge in [-0.25, -0.2) is 4.39 Å². The summed E-state index contributed by atoms with van der Waals surface area (Å²) in [7, 11) is 0. The van der Waals surface area contributed by atoms with Crippen molar-refractivity contribution in [2.75, 3.05) is 0 Å². The Morgan fingerprint density at radius 2 is 2.11 bits per heavy atom. The SMILES string of the molecule is OC1C=C(F)C(O)CC1. The fourth-order valence-electron chi connectivity index (χ4n) is 0.845. The molecular weight excluding hydrogens is 123 g/mol. The van der Waals surface area contributed by atoms with Gasteiger partial charge >= 0.3 is 0 Å². The summed E-state index contributed by atoms with van der Waals surface area (Å²) < 4.78 is 12.3. The number of hydrogen-bond acceptors (Lipinski definition) is 2. The van der Waals surface area contributed by atoms with Crippen molar-refractivity contribution < 1.29 is 14.6 Å². The first-order chi connectivity index (χ1) is 4.20. The average Bonchev–Trinajstić information content (AvgIpc) is 1.80. The summed E-state index contributed by atoms with van der Waals surface area (Å²) in [5.74, 6) is -0.603. The second kappa shape index (κ2) is 2.45. The van der Waals surface area contributed by atoms with E-state index in [1.165, 1.54) is 0 Å². The van der Waals surface area contributed by atoms with E-state index in [4.69, 9.17) is 10.2 Å². The lowest BCUT2D eigenvalue weighted by Crippen LogP contribution is -2.19. The molecule has 0 saturated heterocycles. The Morgan fingerprint density at radius 3 is 2.56 bits per heavy atom. The van der Waals surface area contributed by atoms with Crippen molar-refractivity contribution in [3.8, 4) is 0 Å². The molecule has 1 aliphatic carbocycles. The van der Waals surface area contributed by atoms with Crippen LogP contribution in [-0.2, 0) is 0 Å². The smallest absolute Gasteiger partial charge is 0.127 e. The summed E-state index contributed by atoms with van der Waals surface area (Å²) in [5, 5.41) is 17.5. The van der Waals surface area contributed by atoms with Gasteiger partial charge in [0.15, 0.2) is 0 Å². The van der Waals surface area contributed by atoms with E-state index in [9.17, 15) is 4.39 Å². The van der Waals surface area contributed by atoms with E-state index >= 15 is 0 Å². The van der Waals surface area contributed by atoms with Crippen LogP contribution in [-0.4, -0.2) is 22.4 Å². The summed E-state index contributed by atoms with van der Waals surface area (Å²) >= 11 is 0. The molecule has 0 aliphatic heterocycles. The Balaban J connectivity index is 2.61. The van der Waals surface area contributed by atoms with Crippen LogP contribution < -0.4 is 0 Å². The molecule has 0 fully saturated rings. The Morgan fingerprint density at radius 1 is 1.44 bits per heavy atom. The molecule has 0 radical (unpaired) electrons. The number of aliphatic hydroxyl groups is 2. The largest absolute Gasteiger partial charge is 0.389 e. The lowest BCUT2D eigenvalue weighted by molar-refractivity contribution is 0.117. The van der Waals surface area contributed by atoms with Gasteiger partial charge < -0.3 is 10.2 Å². The highest BCUT2D eigenvalue weighted by atomic mass is 19.1. The highest BCUT2D eigenvalue weighted by molar-refractivity contribution is 5.06. The molecule has 3 heteroatoms. The van der Waals surface area contributed by atoms with Crippen LogP contribution in [0.15, 0.2) is 11.9 Å². The van der Waals surface area contributed by atoms with E-state index in [1.54, 1.807) is 0 Å². The molecule has 2 unspecified atom stereocenters. The third kappa shape index (κ3) is 1.50. The molecule has 0 spiro atoms. The minimum Gasteiger partial charge on any atom is -0.389 e. The molecule has 0 bridgehead atoms. The Kier molecular flexibility index (Phi) is 1.83. The van der Waals surface area contributed by atoms with Crippen molar-refractivity contribution in [3.63, 3.8) is 0 Å². The van der Waals surface area contributed by atoms with E-state index in [0.717, 1.165) is 6.08 Å². The minimum absolute atomic E-state index is 0.323. The van der Waals surface area contributed by atoms with Gasteiger partial charge in [-0.3, -0.25) is 0 Å². The number of aliphatic hydroxyl groups excluding tert-OH is 2. The predicted molar refractivity (Wildman–Crippen MR) is 30.4 cm³/mol. The molecule has 0 heterocycles. The first kappa shape index (κ1) is 6.71. The summed E-state index contributed by atoms with van der Waals surface area (Å²) in [6.45, 7) is 0. The second-order valence-electron chi connectivity index (χ2n) is 2.21. The minimum atomic E-state index is -0.978. The van der Waals surface area contributed by atoms with Crippen LogP contribution in [0.4, 0.5) is 4.39 Å². The fourth-order valence-corrected chi connectivity index (χ4v) is 0.845. The third-order valence-electron chi connectivity index (χ3n) is 1.41. The standard InChI is InChI=1S/C6H9FO2/c7-5-3-4(8)1-2-6(5)9/h3-4,6,8-9H,1-2H2.